The van der Waals surface area contributed by atoms with Crippen molar-refractivity contribution in [3.63, 3.8) is 0 Å². The Bertz CT molecular complexity index is 483. The van der Waals surface area contributed by atoms with Crippen LogP contribution in [0.3, 0.4) is 0 Å². The summed E-state index contributed by atoms with van der Waals surface area (Å²) in [6.07, 6.45) is 1.86. The first-order chi connectivity index (χ1) is 8.11. The molecule has 0 unspecified atom stereocenters. The van der Waals surface area contributed by atoms with Crippen LogP contribution in [0.5, 0.6) is 0 Å². The summed E-state index contributed by atoms with van der Waals surface area (Å²) in [5.41, 5.74) is 1.55. The van der Waals surface area contributed by atoms with Crippen molar-refractivity contribution in [2.24, 2.45) is 0 Å². The number of hydrogen-bond donors (Lipinski definition) is 3. The lowest BCUT2D eigenvalue weighted by atomic mass is 10.2. The highest BCUT2D eigenvalue weighted by molar-refractivity contribution is 7.90. The maximum atomic E-state index is 11.8. The third-order valence-electron chi connectivity index (χ3n) is 2.53. The molecule has 0 radical (unpaired) electrons. The zero-order chi connectivity index (χ0) is 12.3. The van der Waals surface area contributed by atoms with Crippen LogP contribution in [-0.2, 0) is 16.8 Å². The van der Waals surface area contributed by atoms with E-state index in [1.165, 1.54) is 0 Å². The van der Waals surface area contributed by atoms with Crippen LogP contribution in [0, 0.1) is 0 Å². The minimum atomic E-state index is -3.44. The molecule has 0 atom stereocenters. The summed E-state index contributed by atoms with van der Waals surface area (Å²) >= 11 is 0. The molecule has 1 aromatic carbocycles. The van der Waals surface area contributed by atoms with Crippen molar-refractivity contribution in [3.05, 3.63) is 29.8 Å². The summed E-state index contributed by atoms with van der Waals surface area (Å²) in [6, 6.07) is 7.47. The molecule has 94 valence electrons. The maximum absolute atomic E-state index is 11.8. The zero-order valence-corrected chi connectivity index (χ0v) is 10.5. The maximum Gasteiger partial charge on any atom is 0.299 e. The van der Waals surface area contributed by atoms with E-state index in [-0.39, 0.29) is 6.04 Å². The van der Waals surface area contributed by atoms with E-state index >= 15 is 0 Å². The van der Waals surface area contributed by atoms with Gasteiger partial charge in [-0.1, -0.05) is 18.2 Å². The summed E-state index contributed by atoms with van der Waals surface area (Å²) in [5, 5.41) is 3.01. The summed E-state index contributed by atoms with van der Waals surface area (Å²) in [6.45, 7) is 0.627. The fourth-order valence-electron chi connectivity index (χ4n) is 1.56. The van der Waals surface area contributed by atoms with Gasteiger partial charge in [-0.05, 0) is 31.5 Å². The van der Waals surface area contributed by atoms with Gasteiger partial charge in [-0.15, -0.1) is 0 Å². The highest BCUT2D eigenvalue weighted by atomic mass is 32.2. The van der Waals surface area contributed by atoms with Gasteiger partial charge in [0.05, 0.1) is 5.69 Å². The molecule has 0 saturated heterocycles. The molecule has 1 saturated carbocycles. The molecule has 1 aliphatic carbocycles. The molecule has 5 nitrogen and oxygen atoms in total. The van der Waals surface area contributed by atoms with E-state index in [9.17, 15) is 8.42 Å². The molecule has 0 heterocycles. The molecule has 0 aliphatic heterocycles. The molecule has 0 bridgehead atoms. The van der Waals surface area contributed by atoms with Crippen LogP contribution in [0.1, 0.15) is 18.4 Å². The average molecular weight is 255 g/mol. The van der Waals surface area contributed by atoms with E-state index in [0.29, 0.717) is 12.2 Å². The highest BCUT2D eigenvalue weighted by Crippen LogP contribution is 2.21. The standard InChI is InChI=1S/C11H17N3O2S/c1-12-8-9-4-2-3-5-11(9)14-17(15,16)13-10-6-7-10/h2-5,10,12-14H,6-8H2,1H3. The number of benzene rings is 1. The summed E-state index contributed by atoms with van der Waals surface area (Å²) in [4.78, 5) is 0. The fraction of sp³-hybridized carbons (Fsp3) is 0.455. The Morgan fingerprint density at radius 1 is 1.29 bits per heavy atom. The molecule has 6 heteroatoms. The predicted octanol–water partition coefficient (Wildman–Crippen LogP) is 0.815. The largest absolute Gasteiger partial charge is 0.316 e. The third kappa shape index (κ3) is 3.69. The van der Waals surface area contributed by atoms with Gasteiger partial charge < -0.3 is 5.32 Å². The van der Waals surface area contributed by atoms with Crippen LogP contribution >= 0.6 is 0 Å². The van der Waals surface area contributed by atoms with Gasteiger partial charge in [-0.3, -0.25) is 4.72 Å². The molecule has 1 aromatic rings. The Kier molecular flexibility index (Phi) is 3.66. The molecule has 0 aromatic heterocycles. The molecule has 0 spiro atoms. The van der Waals surface area contributed by atoms with E-state index in [2.05, 4.69) is 14.8 Å². The monoisotopic (exact) mass is 255 g/mol. The summed E-state index contributed by atoms with van der Waals surface area (Å²) in [5.74, 6) is 0. The fourth-order valence-corrected chi connectivity index (χ4v) is 2.78. The van der Waals surface area contributed by atoms with Crippen LogP contribution in [0.4, 0.5) is 5.69 Å². The van der Waals surface area contributed by atoms with Gasteiger partial charge in [0.1, 0.15) is 0 Å². The highest BCUT2D eigenvalue weighted by Gasteiger charge is 2.27. The van der Waals surface area contributed by atoms with E-state index < -0.39 is 10.2 Å². The second kappa shape index (κ2) is 5.03. The Labute approximate surface area is 102 Å². The smallest absolute Gasteiger partial charge is 0.299 e. The third-order valence-corrected chi connectivity index (χ3v) is 3.66. The van der Waals surface area contributed by atoms with Crippen molar-refractivity contribution >= 4 is 15.9 Å². The van der Waals surface area contributed by atoms with Crippen LogP contribution in [0.15, 0.2) is 24.3 Å². The topological polar surface area (TPSA) is 70.2 Å². The number of anilines is 1. The lowest BCUT2D eigenvalue weighted by Crippen LogP contribution is -2.32. The van der Waals surface area contributed by atoms with Gasteiger partial charge in [0, 0.05) is 12.6 Å². The zero-order valence-electron chi connectivity index (χ0n) is 9.73. The average Bonchev–Trinajstić information content (AvgIpc) is 3.04. The number of nitrogens with one attached hydrogen (secondary N) is 3. The quantitative estimate of drug-likeness (QED) is 0.704. The molecule has 0 amide bonds. The first kappa shape index (κ1) is 12.3. The van der Waals surface area contributed by atoms with Crippen molar-refractivity contribution in [1.29, 1.82) is 0 Å². The van der Waals surface area contributed by atoms with Crippen LogP contribution in [0.25, 0.3) is 0 Å². The summed E-state index contributed by atoms with van der Waals surface area (Å²) in [7, 11) is -1.61. The number of para-hydroxylation sites is 1. The van der Waals surface area contributed by atoms with E-state index in [4.69, 9.17) is 0 Å². The molecule has 3 N–H and O–H groups in total. The SMILES string of the molecule is CNCc1ccccc1NS(=O)(=O)NC1CC1. The molecule has 17 heavy (non-hydrogen) atoms. The van der Waals surface area contributed by atoms with E-state index in [0.717, 1.165) is 18.4 Å². The van der Waals surface area contributed by atoms with E-state index in [1.54, 1.807) is 6.07 Å². The van der Waals surface area contributed by atoms with Gasteiger partial charge in [0.25, 0.3) is 10.2 Å². The van der Waals surface area contributed by atoms with E-state index in [1.807, 2.05) is 25.2 Å². The predicted molar refractivity (Wildman–Crippen MR) is 67.9 cm³/mol. The van der Waals surface area contributed by atoms with Crippen LogP contribution < -0.4 is 14.8 Å². The molecule has 2 rings (SSSR count). The normalized spacial score (nSPS) is 15.8. The van der Waals surface area contributed by atoms with Gasteiger partial charge >= 0.3 is 0 Å². The van der Waals surface area contributed by atoms with Crippen molar-refractivity contribution in [3.8, 4) is 0 Å². The Morgan fingerprint density at radius 2 is 2.00 bits per heavy atom. The number of hydrogen-bond acceptors (Lipinski definition) is 3. The molecule has 1 aliphatic rings. The molecular formula is C11H17N3O2S. The van der Waals surface area contributed by atoms with Gasteiger partial charge in [0.15, 0.2) is 0 Å². The van der Waals surface area contributed by atoms with Gasteiger partial charge in [-0.25, -0.2) is 0 Å². The van der Waals surface area contributed by atoms with Gasteiger partial charge in [-0.2, -0.15) is 13.1 Å². The Hall–Kier alpha value is -1.11. The van der Waals surface area contributed by atoms with Crippen molar-refractivity contribution in [1.82, 2.24) is 10.0 Å². The Balaban J connectivity index is 2.11. The van der Waals surface area contributed by atoms with Crippen LogP contribution in [-0.4, -0.2) is 21.5 Å². The van der Waals surface area contributed by atoms with Crippen molar-refractivity contribution in [2.75, 3.05) is 11.8 Å². The second-order valence-corrected chi connectivity index (χ2v) is 5.63. The lowest BCUT2D eigenvalue weighted by molar-refractivity contribution is 0.586. The molecule has 1 fully saturated rings. The van der Waals surface area contributed by atoms with Crippen molar-refractivity contribution in [2.45, 2.75) is 25.4 Å². The van der Waals surface area contributed by atoms with Crippen LogP contribution in [0.2, 0.25) is 0 Å². The minimum absolute atomic E-state index is 0.115. The van der Waals surface area contributed by atoms with Gasteiger partial charge in [0.2, 0.25) is 0 Å². The number of rotatable bonds is 6. The summed E-state index contributed by atoms with van der Waals surface area (Å²) < 4.78 is 28.7. The first-order valence-corrected chi connectivity index (χ1v) is 7.11. The Morgan fingerprint density at radius 3 is 2.65 bits per heavy atom. The lowest BCUT2D eigenvalue weighted by Gasteiger charge is -2.12. The molecular weight excluding hydrogens is 238 g/mol. The second-order valence-electron chi connectivity index (χ2n) is 4.19. The minimum Gasteiger partial charge on any atom is -0.316 e. The first-order valence-electron chi connectivity index (χ1n) is 5.63. The van der Waals surface area contributed by atoms with Crippen molar-refractivity contribution < 1.29 is 8.42 Å².